The van der Waals surface area contributed by atoms with Gasteiger partial charge in [0.15, 0.2) is 0 Å². The van der Waals surface area contributed by atoms with Crippen LogP contribution >= 0.6 is 11.6 Å². The maximum Gasteiger partial charge on any atom is 0.226 e. The number of hydrogen-bond donors (Lipinski definition) is 1. The van der Waals surface area contributed by atoms with E-state index in [9.17, 15) is 0 Å². The average Bonchev–Trinajstić information content (AvgIpc) is 2.93. The Kier molecular flexibility index (Phi) is 5.18. The quantitative estimate of drug-likeness (QED) is 0.824. The molecule has 3 heterocycles. The number of ether oxygens (including phenoxy) is 1. The molecule has 0 aromatic carbocycles. The molecule has 4 rings (SSSR count). The van der Waals surface area contributed by atoms with Gasteiger partial charge < -0.3 is 15.0 Å². The molecule has 0 radical (unpaired) electrons. The zero-order valence-electron chi connectivity index (χ0n) is 15.6. The Labute approximate surface area is 160 Å². The number of nitrogens with zero attached hydrogens (tertiary/aromatic N) is 3. The van der Waals surface area contributed by atoms with Crippen molar-refractivity contribution >= 4 is 23.1 Å². The van der Waals surface area contributed by atoms with Crippen molar-refractivity contribution < 1.29 is 4.74 Å². The van der Waals surface area contributed by atoms with Crippen LogP contribution in [0.4, 0.5) is 5.95 Å². The average molecular weight is 375 g/mol. The number of hydrogen-bond acceptors (Lipinski definition) is 5. The van der Waals surface area contributed by atoms with E-state index in [1.54, 1.807) is 7.11 Å². The number of halogens is 1. The summed E-state index contributed by atoms with van der Waals surface area (Å²) in [7, 11) is 1.68. The second kappa shape index (κ2) is 7.57. The SMILES string of the molecule is COC1=CC=C(c2nc(N3CCCC3C)nc3c2CCNCC3)CC1Cl. The lowest BCUT2D eigenvalue weighted by Crippen LogP contribution is -2.29. The lowest BCUT2D eigenvalue weighted by atomic mass is 9.94. The van der Waals surface area contributed by atoms with Gasteiger partial charge in [-0.15, -0.1) is 11.6 Å². The highest BCUT2D eigenvalue weighted by Gasteiger charge is 2.28. The van der Waals surface area contributed by atoms with Crippen LogP contribution in [-0.4, -0.2) is 48.1 Å². The minimum Gasteiger partial charge on any atom is -0.500 e. The number of fused-ring (bicyclic) bond motifs is 1. The van der Waals surface area contributed by atoms with Gasteiger partial charge in [-0.25, -0.2) is 9.97 Å². The third-order valence-electron chi connectivity index (χ3n) is 5.68. The topological polar surface area (TPSA) is 50.3 Å². The predicted molar refractivity (Wildman–Crippen MR) is 106 cm³/mol. The molecule has 26 heavy (non-hydrogen) atoms. The van der Waals surface area contributed by atoms with Crippen molar-refractivity contribution in [3.05, 3.63) is 34.9 Å². The lowest BCUT2D eigenvalue weighted by molar-refractivity contribution is 0.279. The molecule has 1 N–H and O–H groups in total. The summed E-state index contributed by atoms with van der Waals surface area (Å²) in [6.45, 7) is 5.26. The van der Waals surface area contributed by atoms with E-state index in [-0.39, 0.29) is 5.38 Å². The van der Waals surface area contributed by atoms with Crippen molar-refractivity contribution in [1.29, 1.82) is 0 Å². The molecule has 5 nitrogen and oxygen atoms in total. The Balaban J connectivity index is 1.79. The van der Waals surface area contributed by atoms with Crippen molar-refractivity contribution in [3.8, 4) is 0 Å². The van der Waals surface area contributed by atoms with E-state index in [0.29, 0.717) is 6.04 Å². The Morgan fingerprint density at radius 3 is 2.81 bits per heavy atom. The van der Waals surface area contributed by atoms with E-state index in [4.69, 9.17) is 26.3 Å². The zero-order valence-corrected chi connectivity index (χ0v) is 16.4. The van der Waals surface area contributed by atoms with Crippen molar-refractivity contribution in [1.82, 2.24) is 15.3 Å². The molecule has 0 saturated carbocycles. The summed E-state index contributed by atoms with van der Waals surface area (Å²) in [5.74, 6) is 1.71. The Hall–Kier alpha value is -1.59. The first-order chi connectivity index (χ1) is 12.7. The maximum atomic E-state index is 6.53. The molecule has 140 valence electrons. The van der Waals surface area contributed by atoms with E-state index in [2.05, 4.69) is 23.2 Å². The number of allylic oxidation sites excluding steroid dienone is 4. The molecule has 1 aliphatic carbocycles. The fraction of sp³-hybridized carbons (Fsp3) is 0.600. The van der Waals surface area contributed by atoms with E-state index in [1.807, 2.05) is 6.08 Å². The first kappa shape index (κ1) is 17.8. The Bertz CT molecular complexity index is 746. The minimum atomic E-state index is -0.135. The van der Waals surface area contributed by atoms with Crippen LogP contribution < -0.4 is 10.2 Å². The Morgan fingerprint density at radius 1 is 1.23 bits per heavy atom. The number of nitrogens with one attached hydrogen (secondary N) is 1. The molecule has 0 spiro atoms. The smallest absolute Gasteiger partial charge is 0.226 e. The van der Waals surface area contributed by atoms with Crippen LogP contribution in [0.25, 0.3) is 5.57 Å². The first-order valence-electron chi connectivity index (χ1n) is 9.63. The van der Waals surface area contributed by atoms with E-state index >= 15 is 0 Å². The van der Waals surface area contributed by atoms with Crippen molar-refractivity contribution in [3.63, 3.8) is 0 Å². The summed E-state index contributed by atoms with van der Waals surface area (Å²) < 4.78 is 5.37. The minimum absolute atomic E-state index is 0.135. The summed E-state index contributed by atoms with van der Waals surface area (Å²) in [6, 6.07) is 0.505. The Morgan fingerprint density at radius 2 is 2.08 bits per heavy atom. The molecular formula is C20H27ClN4O. The largest absolute Gasteiger partial charge is 0.500 e. The van der Waals surface area contributed by atoms with Gasteiger partial charge in [-0.1, -0.05) is 6.08 Å². The van der Waals surface area contributed by atoms with Crippen LogP contribution in [0.5, 0.6) is 0 Å². The highest BCUT2D eigenvalue weighted by Crippen LogP contribution is 2.34. The van der Waals surface area contributed by atoms with Gasteiger partial charge >= 0.3 is 0 Å². The molecule has 2 aliphatic heterocycles. The van der Waals surface area contributed by atoms with Crippen LogP contribution in [0.3, 0.4) is 0 Å². The lowest BCUT2D eigenvalue weighted by Gasteiger charge is -2.25. The number of aromatic nitrogens is 2. The number of anilines is 1. The van der Waals surface area contributed by atoms with Crippen molar-refractivity contribution in [2.75, 3.05) is 31.6 Å². The maximum absolute atomic E-state index is 6.53. The highest BCUT2D eigenvalue weighted by molar-refractivity contribution is 6.23. The molecule has 2 unspecified atom stereocenters. The van der Waals surface area contributed by atoms with Crippen LogP contribution in [0.15, 0.2) is 17.9 Å². The van der Waals surface area contributed by atoms with E-state index < -0.39 is 0 Å². The van der Waals surface area contributed by atoms with Crippen LogP contribution in [0.2, 0.25) is 0 Å². The zero-order chi connectivity index (χ0) is 18.1. The van der Waals surface area contributed by atoms with E-state index in [0.717, 1.165) is 56.3 Å². The number of alkyl halides is 1. The molecule has 1 aromatic heterocycles. The molecule has 6 heteroatoms. The van der Waals surface area contributed by atoms with Gasteiger partial charge in [0, 0.05) is 31.1 Å². The molecule has 1 fully saturated rings. The molecule has 3 aliphatic rings. The second-order valence-corrected chi connectivity index (χ2v) is 7.90. The number of rotatable bonds is 3. The normalized spacial score (nSPS) is 26.0. The molecule has 2 atom stereocenters. The fourth-order valence-corrected chi connectivity index (χ4v) is 4.50. The summed E-state index contributed by atoms with van der Waals surface area (Å²) >= 11 is 6.53. The summed E-state index contributed by atoms with van der Waals surface area (Å²) in [5.41, 5.74) is 4.77. The van der Waals surface area contributed by atoms with Crippen LogP contribution in [0.1, 0.15) is 43.1 Å². The van der Waals surface area contributed by atoms with Crippen molar-refractivity contribution in [2.24, 2.45) is 0 Å². The van der Waals surface area contributed by atoms with Gasteiger partial charge in [-0.3, -0.25) is 0 Å². The summed E-state index contributed by atoms with van der Waals surface area (Å²) in [4.78, 5) is 12.4. The van der Waals surface area contributed by atoms with Gasteiger partial charge in [0.1, 0.15) is 5.76 Å². The molecular weight excluding hydrogens is 348 g/mol. The number of methoxy groups -OCH3 is 1. The van der Waals surface area contributed by atoms with Gasteiger partial charge in [-0.05, 0) is 50.8 Å². The van der Waals surface area contributed by atoms with Crippen LogP contribution in [0, 0.1) is 0 Å². The van der Waals surface area contributed by atoms with Gasteiger partial charge in [0.25, 0.3) is 0 Å². The van der Waals surface area contributed by atoms with E-state index in [1.165, 1.54) is 29.7 Å². The second-order valence-electron chi connectivity index (χ2n) is 7.37. The highest BCUT2D eigenvalue weighted by atomic mass is 35.5. The first-order valence-corrected chi connectivity index (χ1v) is 10.1. The third kappa shape index (κ3) is 3.35. The summed E-state index contributed by atoms with van der Waals surface area (Å²) in [6.07, 6.45) is 9.19. The van der Waals surface area contributed by atoms with Crippen molar-refractivity contribution in [2.45, 2.75) is 50.4 Å². The molecule has 0 amide bonds. The monoisotopic (exact) mass is 374 g/mol. The summed E-state index contributed by atoms with van der Waals surface area (Å²) in [5, 5.41) is 3.35. The predicted octanol–water partition coefficient (Wildman–Crippen LogP) is 3.08. The van der Waals surface area contributed by atoms with Gasteiger partial charge in [-0.2, -0.15) is 0 Å². The fourth-order valence-electron chi connectivity index (χ4n) is 4.18. The van der Waals surface area contributed by atoms with Gasteiger partial charge in [0.2, 0.25) is 5.95 Å². The molecule has 0 bridgehead atoms. The molecule has 1 aromatic rings. The molecule has 1 saturated heterocycles. The van der Waals surface area contributed by atoms with Crippen LogP contribution in [-0.2, 0) is 17.6 Å². The van der Waals surface area contributed by atoms with Gasteiger partial charge in [0.05, 0.1) is 23.9 Å². The third-order valence-corrected chi connectivity index (χ3v) is 6.05. The standard InChI is InChI=1S/C20H27ClN4O/c1-13-4-3-11-25(13)20-23-17-8-10-22-9-7-15(17)19(24-20)14-5-6-18(26-2)16(21)12-14/h5-6,13,16,22H,3-4,7-12H2,1-2H3.